The van der Waals surface area contributed by atoms with Crippen LogP contribution in [-0.2, 0) is 15.0 Å². The van der Waals surface area contributed by atoms with Crippen LogP contribution in [0.1, 0.15) is 0 Å². The maximum atomic E-state index is 13.0. The molecule has 0 aliphatic rings. The molecule has 2 heterocycles. The van der Waals surface area contributed by atoms with Crippen molar-refractivity contribution in [3.05, 3.63) is 67.5 Å². The summed E-state index contributed by atoms with van der Waals surface area (Å²) in [5, 5.41) is 6.80. The van der Waals surface area contributed by atoms with E-state index in [2.05, 4.69) is 27.1 Å². The minimum Gasteiger partial charge on any atom is -0.494 e. The summed E-state index contributed by atoms with van der Waals surface area (Å²) >= 11 is 0. The van der Waals surface area contributed by atoms with E-state index < -0.39 is 10.2 Å². The number of amides is 1. The highest BCUT2D eigenvalue weighted by molar-refractivity contribution is 7.87. The molecule has 0 saturated carbocycles. The lowest BCUT2D eigenvalue weighted by Gasteiger charge is -2.26. The van der Waals surface area contributed by atoms with Crippen molar-refractivity contribution in [1.82, 2.24) is 23.1 Å². The van der Waals surface area contributed by atoms with E-state index in [1.165, 1.54) is 24.1 Å². The number of hydrogen-bond donors (Lipinski definition) is 2. The van der Waals surface area contributed by atoms with Crippen LogP contribution in [0.4, 0.5) is 23.0 Å². The molecule has 0 aliphatic heterocycles. The van der Waals surface area contributed by atoms with E-state index in [-0.39, 0.29) is 11.9 Å². The number of aromatic nitrogens is 3. The summed E-state index contributed by atoms with van der Waals surface area (Å²) < 4.78 is 34.2. The zero-order valence-electron chi connectivity index (χ0n) is 24.6. The number of carbonyl (C=O) groups excluding carboxylic acids is 1. The van der Waals surface area contributed by atoms with E-state index in [1.54, 1.807) is 43.8 Å². The van der Waals surface area contributed by atoms with Gasteiger partial charge in [0.2, 0.25) is 11.9 Å². The van der Waals surface area contributed by atoms with E-state index in [9.17, 15) is 13.2 Å². The van der Waals surface area contributed by atoms with Gasteiger partial charge in [-0.15, -0.1) is 0 Å². The van der Waals surface area contributed by atoms with Gasteiger partial charge < -0.3 is 25.2 Å². The standard InChI is InChI=1S/C29H36N8O4S/c1-8-28(38)31-23-17-24(27(41-7)18-26(23)36(6)16-15-34(2)3)33-29-30-14-13-22(32-29)21-19-37(42(39,40)35(4)5)25-12-10-9-11-20(21)25/h8-14,17-19H,1,15-16H2,2-7H3,(H,31,38)(H,30,32,33). The summed E-state index contributed by atoms with van der Waals surface area (Å²) in [5.41, 5.74) is 3.53. The van der Waals surface area contributed by atoms with Crippen molar-refractivity contribution in [2.75, 3.05) is 71.0 Å². The Bertz CT molecular complexity index is 1720. The van der Waals surface area contributed by atoms with Crippen molar-refractivity contribution < 1.29 is 17.9 Å². The molecule has 12 nitrogen and oxygen atoms in total. The summed E-state index contributed by atoms with van der Waals surface area (Å²) in [6.07, 6.45) is 4.36. The molecule has 0 spiro atoms. The number of rotatable bonds is 12. The van der Waals surface area contributed by atoms with E-state index in [0.29, 0.717) is 40.4 Å². The molecular formula is C29H36N8O4S. The molecule has 222 valence electrons. The Morgan fingerprint density at radius 1 is 1.07 bits per heavy atom. The largest absolute Gasteiger partial charge is 0.494 e. The summed E-state index contributed by atoms with van der Waals surface area (Å²) in [6.45, 7) is 5.08. The van der Waals surface area contributed by atoms with Crippen molar-refractivity contribution in [2.45, 2.75) is 0 Å². The minimum atomic E-state index is -3.77. The second-order valence-corrected chi connectivity index (χ2v) is 12.0. The number of ether oxygens (including phenoxy) is 1. The summed E-state index contributed by atoms with van der Waals surface area (Å²) in [6, 6.07) is 12.5. The van der Waals surface area contributed by atoms with Crippen LogP contribution in [0.3, 0.4) is 0 Å². The van der Waals surface area contributed by atoms with E-state index >= 15 is 0 Å². The van der Waals surface area contributed by atoms with Gasteiger partial charge in [-0.3, -0.25) is 4.79 Å². The highest BCUT2D eigenvalue weighted by Crippen LogP contribution is 2.38. The fourth-order valence-corrected chi connectivity index (χ4v) is 5.31. The van der Waals surface area contributed by atoms with Gasteiger partial charge >= 0.3 is 10.2 Å². The molecule has 0 saturated heterocycles. The van der Waals surface area contributed by atoms with Gasteiger partial charge in [-0.2, -0.15) is 12.7 Å². The lowest BCUT2D eigenvalue weighted by Crippen LogP contribution is -2.29. The van der Waals surface area contributed by atoms with Gasteiger partial charge in [0.15, 0.2) is 0 Å². The van der Waals surface area contributed by atoms with Crippen molar-refractivity contribution >= 4 is 50.0 Å². The van der Waals surface area contributed by atoms with Crippen LogP contribution in [0.25, 0.3) is 22.2 Å². The lowest BCUT2D eigenvalue weighted by molar-refractivity contribution is -0.111. The number of anilines is 4. The zero-order chi connectivity index (χ0) is 30.6. The summed E-state index contributed by atoms with van der Waals surface area (Å²) in [5.74, 6) is 0.421. The van der Waals surface area contributed by atoms with Gasteiger partial charge in [0, 0.05) is 63.6 Å². The molecule has 0 unspecified atom stereocenters. The average Bonchev–Trinajstić information content (AvgIpc) is 3.36. The Hall–Kier alpha value is -4.46. The molecule has 1 amide bonds. The number of para-hydroxylation sites is 1. The third-order valence-electron chi connectivity index (χ3n) is 6.62. The highest BCUT2D eigenvalue weighted by Gasteiger charge is 2.22. The maximum absolute atomic E-state index is 13.0. The molecule has 13 heteroatoms. The summed E-state index contributed by atoms with van der Waals surface area (Å²) in [7, 11) is 6.69. The van der Waals surface area contributed by atoms with Crippen LogP contribution >= 0.6 is 0 Å². The van der Waals surface area contributed by atoms with Crippen molar-refractivity contribution in [1.29, 1.82) is 0 Å². The molecule has 4 rings (SSSR count). The molecule has 0 aliphatic carbocycles. The fraction of sp³-hybridized carbons (Fsp3) is 0.276. The maximum Gasteiger partial charge on any atom is 0.307 e. The van der Waals surface area contributed by atoms with E-state index in [1.807, 2.05) is 44.2 Å². The number of hydrogen-bond acceptors (Lipinski definition) is 9. The lowest BCUT2D eigenvalue weighted by atomic mass is 10.1. The predicted molar refractivity (Wildman–Crippen MR) is 168 cm³/mol. The van der Waals surface area contributed by atoms with Gasteiger partial charge in [-0.1, -0.05) is 24.8 Å². The average molecular weight is 593 g/mol. The smallest absolute Gasteiger partial charge is 0.307 e. The molecule has 0 atom stereocenters. The van der Waals surface area contributed by atoms with Crippen LogP contribution in [0.5, 0.6) is 5.75 Å². The Labute approximate surface area is 246 Å². The molecule has 2 N–H and O–H groups in total. The first kappa shape index (κ1) is 30.5. The number of likely N-dealkylation sites (N-methyl/N-ethyl adjacent to an activating group) is 2. The normalized spacial score (nSPS) is 11.6. The van der Waals surface area contributed by atoms with Crippen molar-refractivity contribution in [3.63, 3.8) is 0 Å². The van der Waals surface area contributed by atoms with Crippen LogP contribution in [-0.4, -0.2) is 92.9 Å². The molecule has 42 heavy (non-hydrogen) atoms. The second-order valence-electron chi connectivity index (χ2n) is 10.0. The van der Waals surface area contributed by atoms with Crippen molar-refractivity contribution in [3.8, 4) is 17.0 Å². The molecule has 2 aromatic carbocycles. The summed E-state index contributed by atoms with van der Waals surface area (Å²) in [4.78, 5) is 25.5. The van der Waals surface area contributed by atoms with Crippen LogP contribution in [0.2, 0.25) is 0 Å². The molecular weight excluding hydrogens is 556 g/mol. The Balaban J connectivity index is 1.76. The highest BCUT2D eigenvalue weighted by atomic mass is 32.2. The van der Waals surface area contributed by atoms with E-state index in [4.69, 9.17) is 9.72 Å². The van der Waals surface area contributed by atoms with Gasteiger partial charge in [0.05, 0.1) is 35.4 Å². The van der Waals surface area contributed by atoms with Crippen LogP contribution in [0, 0.1) is 0 Å². The molecule has 4 aromatic rings. The quantitative estimate of drug-likeness (QED) is 0.237. The Morgan fingerprint density at radius 3 is 2.48 bits per heavy atom. The molecule has 0 bridgehead atoms. The SMILES string of the molecule is C=CC(=O)Nc1cc(Nc2nccc(-c3cn(S(=O)(=O)N(C)C)c4ccccc34)n2)c(OC)cc1N(C)CCN(C)C. The van der Waals surface area contributed by atoms with E-state index in [0.717, 1.165) is 21.9 Å². The third-order valence-corrected chi connectivity index (χ3v) is 8.34. The number of carbonyl (C=O) groups is 1. The van der Waals surface area contributed by atoms with Gasteiger partial charge in [-0.05, 0) is 38.4 Å². The van der Waals surface area contributed by atoms with Crippen LogP contribution in [0.15, 0.2) is 67.5 Å². The number of fused-ring (bicyclic) bond motifs is 1. The fourth-order valence-electron chi connectivity index (χ4n) is 4.32. The number of benzene rings is 2. The number of methoxy groups -OCH3 is 1. The molecule has 2 aromatic heterocycles. The first-order valence-corrected chi connectivity index (χ1v) is 14.5. The number of nitrogens with one attached hydrogen (secondary N) is 2. The second kappa shape index (κ2) is 12.6. The topological polar surface area (TPSA) is 125 Å². The predicted octanol–water partition coefficient (Wildman–Crippen LogP) is 3.63. The number of nitrogens with zero attached hydrogens (tertiary/aromatic N) is 6. The Morgan fingerprint density at radius 2 is 1.81 bits per heavy atom. The first-order chi connectivity index (χ1) is 20.0. The van der Waals surface area contributed by atoms with Crippen LogP contribution < -0.4 is 20.3 Å². The van der Waals surface area contributed by atoms with Crippen molar-refractivity contribution in [2.24, 2.45) is 0 Å². The van der Waals surface area contributed by atoms with Gasteiger partial charge in [0.1, 0.15) is 5.75 Å². The Kier molecular flexibility index (Phi) is 9.14. The minimum absolute atomic E-state index is 0.257. The van der Waals surface area contributed by atoms with Gasteiger partial charge in [-0.25, -0.2) is 13.9 Å². The van der Waals surface area contributed by atoms with Gasteiger partial charge in [0.25, 0.3) is 0 Å². The molecule has 0 fully saturated rings. The monoisotopic (exact) mass is 592 g/mol. The first-order valence-electron chi connectivity index (χ1n) is 13.1. The molecule has 0 radical (unpaired) electrons. The third kappa shape index (κ3) is 6.38. The zero-order valence-corrected chi connectivity index (χ0v) is 25.4.